The Hall–Kier alpha value is -0.890. The van der Waals surface area contributed by atoms with Gasteiger partial charge in [0.1, 0.15) is 0 Å². The molecule has 0 saturated heterocycles. The van der Waals surface area contributed by atoms with Crippen LogP contribution in [0.25, 0.3) is 0 Å². The maximum Gasteiger partial charge on any atom is 0.0366 e. The molecule has 3 rings (SSSR count). The van der Waals surface area contributed by atoms with Gasteiger partial charge in [0, 0.05) is 18.4 Å². The fraction of sp³-hybridized carbons (Fsp3) is 0.688. The molecular weight excluding hydrogens is 220 g/mol. The SMILES string of the molecule is CCNC(c1cncc(C)c1)C1CC2CCC1C2. The molecule has 2 heteroatoms. The molecule has 2 saturated carbocycles. The fourth-order valence-corrected chi connectivity index (χ4v) is 4.19. The van der Waals surface area contributed by atoms with Gasteiger partial charge in [-0.15, -0.1) is 0 Å². The minimum absolute atomic E-state index is 0.526. The second-order valence-corrected chi connectivity index (χ2v) is 6.17. The Morgan fingerprint density at radius 2 is 2.22 bits per heavy atom. The van der Waals surface area contributed by atoms with Crippen LogP contribution in [-0.2, 0) is 0 Å². The summed E-state index contributed by atoms with van der Waals surface area (Å²) in [6.45, 7) is 5.40. The topological polar surface area (TPSA) is 24.9 Å². The fourth-order valence-electron chi connectivity index (χ4n) is 4.19. The predicted octanol–water partition coefficient (Wildman–Crippen LogP) is 3.48. The van der Waals surface area contributed by atoms with E-state index in [0.717, 1.165) is 24.3 Å². The molecule has 1 aromatic heterocycles. The van der Waals surface area contributed by atoms with Crippen molar-refractivity contribution in [3.63, 3.8) is 0 Å². The van der Waals surface area contributed by atoms with Crippen LogP contribution in [0, 0.1) is 24.7 Å². The summed E-state index contributed by atoms with van der Waals surface area (Å²) in [4.78, 5) is 4.38. The first-order chi connectivity index (χ1) is 8.78. The average Bonchev–Trinajstić information content (AvgIpc) is 2.98. The van der Waals surface area contributed by atoms with E-state index in [2.05, 4.69) is 36.4 Å². The van der Waals surface area contributed by atoms with Crippen molar-refractivity contribution in [3.05, 3.63) is 29.6 Å². The molecule has 4 atom stereocenters. The molecule has 1 aromatic rings. The normalized spacial score (nSPS) is 31.8. The number of aromatic nitrogens is 1. The van der Waals surface area contributed by atoms with Crippen molar-refractivity contribution in [2.24, 2.45) is 17.8 Å². The monoisotopic (exact) mass is 244 g/mol. The highest BCUT2D eigenvalue weighted by molar-refractivity contribution is 5.22. The number of fused-ring (bicyclic) bond motifs is 2. The maximum atomic E-state index is 4.38. The largest absolute Gasteiger partial charge is 0.310 e. The van der Waals surface area contributed by atoms with E-state index in [1.807, 2.05) is 6.20 Å². The Morgan fingerprint density at radius 1 is 1.33 bits per heavy atom. The molecule has 1 N–H and O–H groups in total. The van der Waals surface area contributed by atoms with Crippen molar-refractivity contribution < 1.29 is 0 Å². The van der Waals surface area contributed by atoms with E-state index in [-0.39, 0.29) is 0 Å². The third kappa shape index (κ3) is 2.18. The van der Waals surface area contributed by atoms with Crippen LogP contribution >= 0.6 is 0 Å². The lowest BCUT2D eigenvalue weighted by Gasteiger charge is -2.31. The van der Waals surface area contributed by atoms with Gasteiger partial charge in [-0.1, -0.05) is 19.4 Å². The van der Waals surface area contributed by atoms with Crippen LogP contribution in [0.3, 0.4) is 0 Å². The lowest BCUT2D eigenvalue weighted by Crippen LogP contribution is -2.31. The Kier molecular flexibility index (Phi) is 3.38. The number of aryl methyl sites for hydroxylation is 1. The minimum atomic E-state index is 0.526. The summed E-state index contributed by atoms with van der Waals surface area (Å²) in [7, 11) is 0. The van der Waals surface area contributed by atoms with E-state index in [0.29, 0.717) is 6.04 Å². The average molecular weight is 244 g/mol. The summed E-state index contributed by atoms with van der Waals surface area (Å²) in [5, 5.41) is 3.71. The zero-order valence-corrected chi connectivity index (χ0v) is 11.5. The molecule has 0 aliphatic heterocycles. The van der Waals surface area contributed by atoms with Gasteiger partial charge >= 0.3 is 0 Å². The van der Waals surface area contributed by atoms with E-state index in [4.69, 9.17) is 0 Å². The van der Waals surface area contributed by atoms with Gasteiger partial charge in [0.2, 0.25) is 0 Å². The van der Waals surface area contributed by atoms with E-state index in [1.54, 1.807) is 0 Å². The highest BCUT2D eigenvalue weighted by Crippen LogP contribution is 2.52. The van der Waals surface area contributed by atoms with E-state index >= 15 is 0 Å². The lowest BCUT2D eigenvalue weighted by molar-refractivity contribution is 0.252. The first kappa shape index (κ1) is 12.2. The number of nitrogens with zero attached hydrogens (tertiary/aromatic N) is 1. The number of hydrogen-bond donors (Lipinski definition) is 1. The molecule has 2 aliphatic carbocycles. The van der Waals surface area contributed by atoms with E-state index < -0.39 is 0 Å². The third-order valence-corrected chi connectivity index (χ3v) is 4.90. The van der Waals surface area contributed by atoms with Gasteiger partial charge < -0.3 is 5.32 Å². The minimum Gasteiger partial charge on any atom is -0.310 e. The molecule has 0 amide bonds. The quantitative estimate of drug-likeness (QED) is 0.877. The molecule has 0 aromatic carbocycles. The third-order valence-electron chi connectivity index (χ3n) is 4.90. The smallest absolute Gasteiger partial charge is 0.0366 e. The van der Waals surface area contributed by atoms with Gasteiger partial charge in [0.15, 0.2) is 0 Å². The zero-order chi connectivity index (χ0) is 12.5. The molecule has 1 heterocycles. The van der Waals surface area contributed by atoms with Gasteiger partial charge in [-0.3, -0.25) is 4.98 Å². The Bertz CT molecular complexity index is 415. The first-order valence-corrected chi connectivity index (χ1v) is 7.43. The molecular formula is C16H24N2. The summed E-state index contributed by atoms with van der Waals surface area (Å²) in [5.74, 6) is 2.81. The number of hydrogen-bond acceptors (Lipinski definition) is 2. The highest BCUT2D eigenvalue weighted by Gasteiger charge is 2.43. The van der Waals surface area contributed by atoms with Crippen LogP contribution in [0.5, 0.6) is 0 Å². The molecule has 4 unspecified atom stereocenters. The highest BCUT2D eigenvalue weighted by atomic mass is 14.9. The molecule has 2 aliphatic rings. The molecule has 2 fully saturated rings. The Morgan fingerprint density at radius 3 is 2.83 bits per heavy atom. The van der Waals surface area contributed by atoms with E-state index in [9.17, 15) is 0 Å². The number of rotatable bonds is 4. The van der Waals surface area contributed by atoms with Gasteiger partial charge in [-0.2, -0.15) is 0 Å². The van der Waals surface area contributed by atoms with Crippen LogP contribution in [-0.4, -0.2) is 11.5 Å². The van der Waals surface area contributed by atoms with Crippen molar-refractivity contribution in [1.82, 2.24) is 10.3 Å². The molecule has 0 radical (unpaired) electrons. The standard InChI is InChI=1S/C16H24N2/c1-3-18-16(14-6-11(2)9-17-10-14)15-8-12-4-5-13(15)7-12/h6,9-10,12-13,15-16,18H,3-5,7-8H2,1-2H3. The summed E-state index contributed by atoms with van der Waals surface area (Å²) in [5.41, 5.74) is 2.67. The second-order valence-electron chi connectivity index (χ2n) is 6.17. The van der Waals surface area contributed by atoms with E-state index in [1.165, 1.54) is 36.8 Å². The van der Waals surface area contributed by atoms with Crippen molar-refractivity contribution >= 4 is 0 Å². The van der Waals surface area contributed by atoms with Crippen molar-refractivity contribution in [2.45, 2.75) is 45.6 Å². The second kappa shape index (κ2) is 5.00. The van der Waals surface area contributed by atoms with Gasteiger partial charge in [-0.05, 0) is 61.6 Å². The summed E-state index contributed by atoms with van der Waals surface area (Å²) in [6.07, 6.45) is 9.85. The summed E-state index contributed by atoms with van der Waals surface area (Å²) < 4.78 is 0. The van der Waals surface area contributed by atoms with Crippen LogP contribution in [0.15, 0.2) is 18.5 Å². The lowest BCUT2D eigenvalue weighted by atomic mass is 9.80. The van der Waals surface area contributed by atoms with Crippen molar-refractivity contribution in [3.8, 4) is 0 Å². The molecule has 2 bridgehead atoms. The molecule has 98 valence electrons. The maximum absolute atomic E-state index is 4.38. The predicted molar refractivity (Wildman–Crippen MR) is 74.3 cm³/mol. The molecule has 2 nitrogen and oxygen atoms in total. The number of pyridine rings is 1. The Labute approximate surface area is 110 Å². The summed E-state index contributed by atoms with van der Waals surface area (Å²) in [6, 6.07) is 2.84. The number of nitrogens with one attached hydrogen (secondary N) is 1. The van der Waals surface area contributed by atoms with Gasteiger partial charge in [-0.25, -0.2) is 0 Å². The Balaban J connectivity index is 1.84. The summed E-state index contributed by atoms with van der Waals surface area (Å²) >= 11 is 0. The molecule has 18 heavy (non-hydrogen) atoms. The first-order valence-electron chi connectivity index (χ1n) is 7.43. The van der Waals surface area contributed by atoms with Gasteiger partial charge in [0.05, 0.1) is 0 Å². The van der Waals surface area contributed by atoms with Crippen molar-refractivity contribution in [2.75, 3.05) is 6.54 Å². The van der Waals surface area contributed by atoms with Crippen LogP contribution in [0.4, 0.5) is 0 Å². The molecule has 0 spiro atoms. The van der Waals surface area contributed by atoms with Crippen molar-refractivity contribution in [1.29, 1.82) is 0 Å². The van der Waals surface area contributed by atoms with Crippen LogP contribution < -0.4 is 5.32 Å². The zero-order valence-electron chi connectivity index (χ0n) is 11.5. The van der Waals surface area contributed by atoms with Gasteiger partial charge in [0.25, 0.3) is 0 Å². The van der Waals surface area contributed by atoms with Crippen LogP contribution in [0.2, 0.25) is 0 Å². The van der Waals surface area contributed by atoms with Crippen LogP contribution in [0.1, 0.15) is 49.8 Å².